The van der Waals surface area contributed by atoms with Crippen LogP contribution in [0.1, 0.15) is 17.3 Å². The lowest BCUT2D eigenvalue weighted by Gasteiger charge is -2.05. The van der Waals surface area contributed by atoms with Gasteiger partial charge in [-0.1, -0.05) is 0 Å². The second-order valence-electron chi connectivity index (χ2n) is 3.59. The average molecular weight is 248 g/mol. The fourth-order valence-electron chi connectivity index (χ4n) is 1.55. The average Bonchev–Trinajstić information content (AvgIpc) is 2.73. The smallest absolute Gasteiger partial charge is 0.342 e. The summed E-state index contributed by atoms with van der Waals surface area (Å²) in [6.07, 6.45) is 1.25. The summed E-state index contributed by atoms with van der Waals surface area (Å²) in [5.74, 6) is -0.532. The topological polar surface area (TPSA) is 84.3 Å². The highest BCUT2D eigenvalue weighted by Gasteiger charge is 2.12. The molecule has 0 aliphatic heterocycles. The number of ether oxygens (including phenoxy) is 1. The molecule has 0 fully saturated rings. The third kappa shape index (κ3) is 2.27. The van der Waals surface area contributed by atoms with Crippen molar-refractivity contribution in [2.45, 2.75) is 6.92 Å². The van der Waals surface area contributed by atoms with E-state index in [1.165, 1.54) is 10.9 Å². The molecule has 0 amide bonds. The molecule has 0 unspecified atom stereocenters. The first-order chi connectivity index (χ1) is 8.61. The maximum Gasteiger partial charge on any atom is 0.342 e. The largest absolute Gasteiger partial charge is 0.494 e. The molecule has 94 valence electrons. The van der Waals surface area contributed by atoms with Crippen molar-refractivity contribution in [2.24, 2.45) is 0 Å². The molecule has 2 rings (SSSR count). The van der Waals surface area contributed by atoms with Gasteiger partial charge in [0.25, 0.3) is 5.56 Å². The van der Waals surface area contributed by atoms with Gasteiger partial charge in [0.1, 0.15) is 11.3 Å². The summed E-state index contributed by atoms with van der Waals surface area (Å²) in [7, 11) is 0. The molecule has 0 bridgehead atoms. The van der Waals surface area contributed by atoms with Crippen LogP contribution in [0.15, 0.2) is 35.3 Å². The number of benzene rings is 1. The molecular formula is C12H12N2O4. The predicted octanol–water partition coefficient (Wildman–Crippen LogP) is 1.26. The van der Waals surface area contributed by atoms with Crippen LogP contribution in [-0.2, 0) is 0 Å². The third-order valence-electron chi connectivity index (χ3n) is 2.38. The highest BCUT2D eigenvalue weighted by atomic mass is 16.5. The van der Waals surface area contributed by atoms with Crippen LogP contribution in [0.3, 0.4) is 0 Å². The van der Waals surface area contributed by atoms with E-state index in [2.05, 4.69) is 5.10 Å². The van der Waals surface area contributed by atoms with Gasteiger partial charge in [0.15, 0.2) is 0 Å². The molecule has 2 N–H and O–H groups in total. The van der Waals surface area contributed by atoms with Gasteiger partial charge in [-0.05, 0) is 31.2 Å². The summed E-state index contributed by atoms with van der Waals surface area (Å²) >= 11 is 0. The lowest BCUT2D eigenvalue weighted by molar-refractivity contribution is 0.0695. The van der Waals surface area contributed by atoms with Crippen molar-refractivity contribution in [1.29, 1.82) is 0 Å². The molecular weight excluding hydrogens is 236 g/mol. The SMILES string of the molecule is CCOc1ccc(-n2cc(C(=O)O)c(=O)[nH]2)cc1. The zero-order valence-corrected chi connectivity index (χ0v) is 9.71. The molecule has 0 spiro atoms. The van der Waals surface area contributed by atoms with Crippen molar-refractivity contribution < 1.29 is 14.6 Å². The first-order valence-electron chi connectivity index (χ1n) is 5.40. The minimum Gasteiger partial charge on any atom is -0.494 e. The van der Waals surface area contributed by atoms with E-state index in [1.54, 1.807) is 24.3 Å². The van der Waals surface area contributed by atoms with Gasteiger partial charge in [0.05, 0.1) is 12.3 Å². The number of H-pyrrole nitrogens is 1. The minimum atomic E-state index is -1.25. The van der Waals surface area contributed by atoms with Crippen molar-refractivity contribution in [2.75, 3.05) is 6.61 Å². The fraction of sp³-hybridized carbons (Fsp3) is 0.167. The predicted molar refractivity (Wildman–Crippen MR) is 64.5 cm³/mol. The van der Waals surface area contributed by atoms with Gasteiger partial charge in [0.2, 0.25) is 0 Å². The number of carboxylic acids is 1. The molecule has 0 aliphatic carbocycles. The van der Waals surface area contributed by atoms with Crippen LogP contribution in [0, 0.1) is 0 Å². The molecule has 6 nitrogen and oxygen atoms in total. The van der Waals surface area contributed by atoms with E-state index in [-0.39, 0.29) is 5.56 Å². The van der Waals surface area contributed by atoms with Crippen LogP contribution < -0.4 is 10.3 Å². The van der Waals surface area contributed by atoms with Gasteiger partial charge in [-0.2, -0.15) is 0 Å². The minimum absolute atomic E-state index is 0.288. The zero-order valence-electron chi connectivity index (χ0n) is 9.71. The Bertz CT molecular complexity index is 610. The van der Waals surface area contributed by atoms with E-state index in [9.17, 15) is 9.59 Å². The fourth-order valence-corrected chi connectivity index (χ4v) is 1.55. The van der Waals surface area contributed by atoms with Gasteiger partial charge in [0, 0.05) is 6.20 Å². The molecule has 0 saturated carbocycles. The van der Waals surface area contributed by atoms with E-state index in [1.807, 2.05) is 6.92 Å². The molecule has 1 aromatic heterocycles. The van der Waals surface area contributed by atoms with Crippen LogP contribution in [0.5, 0.6) is 5.75 Å². The molecule has 1 aromatic carbocycles. The number of carboxylic acid groups (broad SMARTS) is 1. The van der Waals surface area contributed by atoms with E-state index in [0.717, 1.165) is 0 Å². The van der Waals surface area contributed by atoms with Gasteiger partial charge < -0.3 is 9.84 Å². The quantitative estimate of drug-likeness (QED) is 0.853. The molecule has 0 atom stereocenters. The number of aromatic carboxylic acids is 1. The van der Waals surface area contributed by atoms with E-state index in [0.29, 0.717) is 18.0 Å². The Morgan fingerprint density at radius 2 is 2.06 bits per heavy atom. The maximum atomic E-state index is 11.3. The summed E-state index contributed by atoms with van der Waals surface area (Å²) in [5.41, 5.74) is -0.261. The van der Waals surface area contributed by atoms with Gasteiger partial charge in [-0.15, -0.1) is 0 Å². The molecule has 1 heterocycles. The number of hydrogen-bond acceptors (Lipinski definition) is 3. The number of nitrogens with zero attached hydrogens (tertiary/aromatic N) is 1. The number of aromatic nitrogens is 2. The first kappa shape index (κ1) is 12.0. The summed E-state index contributed by atoms with van der Waals surface area (Å²) in [5, 5.41) is 11.2. The van der Waals surface area contributed by atoms with Crippen molar-refractivity contribution >= 4 is 5.97 Å². The Morgan fingerprint density at radius 3 is 2.56 bits per heavy atom. The van der Waals surface area contributed by atoms with Crippen molar-refractivity contribution in [1.82, 2.24) is 9.78 Å². The van der Waals surface area contributed by atoms with E-state index < -0.39 is 11.5 Å². The highest BCUT2D eigenvalue weighted by Crippen LogP contribution is 2.14. The highest BCUT2D eigenvalue weighted by molar-refractivity contribution is 5.86. The normalized spacial score (nSPS) is 10.3. The van der Waals surface area contributed by atoms with Gasteiger partial charge in [-0.3, -0.25) is 14.6 Å². The molecule has 0 aliphatic rings. The number of nitrogens with one attached hydrogen (secondary N) is 1. The van der Waals surface area contributed by atoms with Gasteiger partial charge in [-0.25, -0.2) is 4.79 Å². The Balaban J connectivity index is 2.34. The van der Waals surface area contributed by atoms with Crippen molar-refractivity contribution in [3.63, 3.8) is 0 Å². The standard InChI is InChI=1S/C12H12N2O4/c1-2-18-9-5-3-8(4-6-9)14-7-10(12(16)17)11(15)13-14/h3-7H,2H2,1H3,(H,13,15)(H,16,17). The van der Waals surface area contributed by atoms with Crippen LogP contribution in [0.4, 0.5) is 0 Å². The number of carbonyl (C=O) groups is 1. The Kier molecular flexibility index (Phi) is 3.18. The van der Waals surface area contributed by atoms with Crippen LogP contribution in [-0.4, -0.2) is 27.5 Å². The first-order valence-corrected chi connectivity index (χ1v) is 5.40. The zero-order chi connectivity index (χ0) is 13.1. The molecule has 2 aromatic rings. The van der Waals surface area contributed by atoms with Crippen molar-refractivity contribution in [3.8, 4) is 11.4 Å². The van der Waals surface area contributed by atoms with E-state index >= 15 is 0 Å². The Morgan fingerprint density at radius 1 is 1.39 bits per heavy atom. The van der Waals surface area contributed by atoms with Crippen molar-refractivity contribution in [3.05, 3.63) is 46.4 Å². The Labute approximate surface area is 102 Å². The second kappa shape index (κ2) is 4.79. The monoisotopic (exact) mass is 248 g/mol. The number of rotatable bonds is 4. The van der Waals surface area contributed by atoms with Crippen LogP contribution >= 0.6 is 0 Å². The molecule has 0 saturated heterocycles. The van der Waals surface area contributed by atoms with Gasteiger partial charge >= 0.3 is 5.97 Å². The number of hydrogen-bond donors (Lipinski definition) is 2. The summed E-state index contributed by atoms with van der Waals surface area (Å²) in [6, 6.07) is 6.95. The molecule has 18 heavy (non-hydrogen) atoms. The second-order valence-corrected chi connectivity index (χ2v) is 3.59. The van der Waals surface area contributed by atoms with Crippen LogP contribution in [0.2, 0.25) is 0 Å². The molecule has 0 radical (unpaired) electrons. The summed E-state index contributed by atoms with van der Waals surface area (Å²) in [6.45, 7) is 2.46. The van der Waals surface area contributed by atoms with E-state index in [4.69, 9.17) is 9.84 Å². The lowest BCUT2D eigenvalue weighted by Crippen LogP contribution is -2.11. The summed E-state index contributed by atoms with van der Waals surface area (Å²) in [4.78, 5) is 22.1. The molecule has 6 heteroatoms. The maximum absolute atomic E-state index is 11.3. The Hall–Kier alpha value is -2.50. The van der Waals surface area contributed by atoms with Crippen LogP contribution in [0.25, 0.3) is 5.69 Å². The summed E-state index contributed by atoms with van der Waals surface area (Å²) < 4.78 is 6.65. The number of aromatic amines is 1. The third-order valence-corrected chi connectivity index (χ3v) is 2.38. The lowest BCUT2D eigenvalue weighted by atomic mass is 10.3.